The summed E-state index contributed by atoms with van der Waals surface area (Å²) in [5.74, 6) is -1.14. The van der Waals surface area contributed by atoms with E-state index in [1.54, 1.807) is 4.68 Å². The van der Waals surface area contributed by atoms with E-state index in [2.05, 4.69) is 5.10 Å². The summed E-state index contributed by atoms with van der Waals surface area (Å²) in [6.45, 7) is 3.97. The van der Waals surface area contributed by atoms with Crippen molar-refractivity contribution in [2.24, 2.45) is 13.0 Å². The van der Waals surface area contributed by atoms with Crippen molar-refractivity contribution >= 4 is 17.6 Å². The fourth-order valence-corrected chi connectivity index (χ4v) is 2.31. The molecule has 1 unspecified atom stereocenters. The van der Waals surface area contributed by atoms with Gasteiger partial charge in [-0.1, -0.05) is 31.9 Å². The fourth-order valence-electron chi connectivity index (χ4n) is 1.94. The van der Waals surface area contributed by atoms with Gasteiger partial charge in [0.05, 0.1) is 22.3 Å². The summed E-state index contributed by atoms with van der Waals surface area (Å²) in [5, 5.41) is 14.1. The number of aliphatic carboxylic acids is 1. The first-order valence-corrected chi connectivity index (χ1v) is 6.32. The molecule has 0 radical (unpaired) electrons. The average Bonchev–Trinajstić information content (AvgIpc) is 2.55. The lowest BCUT2D eigenvalue weighted by molar-refractivity contribution is -0.142. The van der Waals surface area contributed by atoms with Crippen LogP contribution >= 0.6 is 11.6 Å². The van der Waals surface area contributed by atoms with Crippen LogP contribution in [0, 0.1) is 5.92 Å². The first kappa shape index (κ1) is 14.0. The number of carboxylic acid groups (broad SMARTS) is 1. The van der Waals surface area contributed by atoms with Crippen LogP contribution in [0.15, 0.2) is 0 Å². The van der Waals surface area contributed by atoms with Crippen molar-refractivity contribution in [3.63, 3.8) is 0 Å². The lowest BCUT2D eigenvalue weighted by atomic mass is 9.98. The van der Waals surface area contributed by atoms with Gasteiger partial charge in [-0.2, -0.15) is 5.10 Å². The van der Waals surface area contributed by atoms with Gasteiger partial charge >= 0.3 is 5.97 Å². The first-order valence-electron chi connectivity index (χ1n) is 5.94. The van der Waals surface area contributed by atoms with Crippen LogP contribution in [0.25, 0.3) is 0 Å². The molecule has 0 aromatic carbocycles. The maximum absolute atomic E-state index is 11.1. The van der Waals surface area contributed by atoms with Crippen molar-refractivity contribution in [3.05, 3.63) is 16.4 Å². The smallest absolute Gasteiger partial charge is 0.306 e. The van der Waals surface area contributed by atoms with Gasteiger partial charge in [0.15, 0.2) is 0 Å². The number of aryl methyl sites for hydroxylation is 2. The van der Waals surface area contributed by atoms with Crippen LogP contribution in [-0.4, -0.2) is 20.9 Å². The molecule has 0 aliphatic heterocycles. The number of carboxylic acids is 1. The normalized spacial score (nSPS) is 12.7. The van der Waals surface area contributed by atoms with Crippen LogP contribution in [0.2, 0.25) is 5.02 Å². The number of aromatic nitrogens is 2. The van der Waals surface area contributed by atoms with E-state index in [1.165, 1.54) is 0 Å². The molecule has 0 aliphatic rings. The molecule has 1 aromatic heterocycles. The summed E-state index contributed by atoms with van der Waals surface area (Å²) in [6, 6.07) is 0. The maximum Gasteiger partial charge on any atom is 0.306 e. The second kappa shape index (κ2) is 6.05. The van der Waals surface area contributed by atoms with Crippen molar-refractivity contribution < 1.29 is 9.90 Å². The molecule has 1 atom stereocenters. The zero-order valence-electron chi connectivity index (χ0n) is 10.5. The Morgan fingerprint density at radius 3 is 2.59 bits per heavy atom. The highest BCUT2D eigenvalue weighted by Gasteiger charge is 2.22. The molecule has 1 N–H and O–H groups in total. The van der Waals surface area contributed by atoms with Gasteiger partial charge in [0.1, 0.15) is 0 Å². The van der Waals surface area contributed by atoms with Gasteiger partial charge in [-0.15, -0.1) is 0 Å². The van der Waals surface area contributed by atoms with Gasteiger partial charge in [-0.05, 0) is 12.8 Å². The molecule has 96 valence electrons. The Labute approximate surface area is 107 Å². The molecule has 0 saturated carbocycles. The minimum atomic E-state index is -0.762. The Morgan fingerprint density at radius 2 is 2.18 bits per heavy atom. The average molecular weight is 259 g/mol. The molecule has 0 saturated heterocycles. The Kier molecular flexibility index (Phi) is 5.00. The van der Waals surface area contributed by atoms with Gasteiger partial charge in [0.2, 0.25) is 0 Å². The highest BCUT2D eigenvalue weighted by molar-refractivity contribution is 6.31. The lowest BCUT2D eigenvalue weighted by Crippen LogP contribution is -2.18. The summed E-state index contributed by atoms with van der Waals surface area (Å²) < 4.78 is 1.70. The Morgan fingerprint density at radius 1 is 1.53 bits per heavy atom. The van der Waals surface area contributed by atoms with Gasteiger partial charge in [0.25, 0.3) is 0 Å². The number of rotatable bonds is 6. The van der Waals surface area contributed by atoms with E-state index in [1.807, 2.05) is 20.9 Å². The zero-order chi connectivity index (χ0) is 13.0. The van der Waals surface area contributed by atoms with E-state index in [4.69, 9.17) is 16.7 Å². The standard InChI is InChI=1S/C12H19ClN2O2/c1-4-6-8(12(16)17)7-10-11(13)9(5-2)14-15(10)3/h8H,4-7H2,1-3H3,(H,16,17). The third-order valence-corrected chi connectivity index (χ3v) is 3.37. The van der Waals surface area contributed by atoms with E-state index in [9.17, 15) is 4.79 Å². The monoisotopic (exact) mass is 258 g/mol. The van der Waals surface area contributed by atoms with Crippen LogP contribution in [0.4, 0.5) is 0 Å². The molecule has 0 spiro atoms. The summed E-state index contributed by atoms with van der Waals surface area (Å²) in [7, 11) is 1.81. The molecule has 1 rings (SSSR count). The topological polar surface area (TPSA) is 55.1 Å². The van der Waals surface area contributed by atoms with Gasteiger partial charge in [-0.25, -0.2) is 0 Å². The first-order chi connectivity index (χ1) is 8.01. The molecular formula is C12H19ClN2O2. The zero-order valence-corrected chi connectivity index (χ0v) is 11.3. The van der Waals surface area contributed by atoms with Crippen molar-refractivity contribution in [2.75, 3.05) is 0 Å². The van der Waals surface area contributed by atoms with Crippen LogP contribution in [-0.2, 0) is 24.7 Å². The molecule has 0 amide bonds. The number of nitrogens with zero attached hydrogens (tertiary/aromatic N) is 2. The predicted molar refractivity (Wildman–Crippen MR) is 67.3 cm³/mol. The van der Waals surface area contributed by atoms with Crippen LogP contribution in [0.5, 0.6) is 0 Å². The quantitative estimate of drug-likeness (QED) is 0.854. The lowest BCUT2D eigenvalue weighted by Gasteiger charge is -2.11. The molecule has 5 heteroatoms. The van der Waals surface area contributed by atoms with E-state index < -0.39 is 5.97 Å². The predicted octanol–water partition coefficient (Wildman–Crippen LogP) is 2.68. The third kappa shape index (κ3) is 3.22. The fraction of sp³-hybridized carbons (Fsp3) is 0.667. The number of hydrogen-bond donors (Lipinski definition) is 1. The van der Waals surface area contributed by atoms with E-state index in [0.29, 0.717) is 17.9 Å². The Hall–Kier alpha value is -1.03. The number of carbonyl (C=O) groups is 1. The molecule has 0 fully saturated rings. The van der Waals surface area contributed by atoms with Crippen LogP contribution < -0.4 is 0 Å². The van der Waals surface area contributed by atoms with Crippen molar-refractivity contribution in [3.8, 4) is 0 Å². The summed E-state index contributed by atoms with van der Waals surface area (Å²) >= 11 is 6.20. The summed E-state index contributed by atoms with van der Waals surface area (Å²) in [6.07, 6.45) is 2.73. The highest BCUT2D eigenvalue weighted by atomic mass is 35.5. The molecule has 4 nitrogen and oxygen atoms in total. The van der Waals surface area contributed by atoms with Crippen LogP contribution in [0.1, 0.15) is 38.1 Å². The number of halogens is 1. The molecule has 0 bridgehead atoms. The maximum atomic E-state index is 11.1. The van der Waals surface area contributed by atoms with Gasteiger partial charge < -0.3 is 5.11 Å². The largest absolute Gasteiger partial charge is 0.481 e. The SMILES string of the molecule is CCCC(Cc1c(Cl)c(CC)nn1C)C(=O)O. The van der Waals surface area contributed by atoms with E-state index >= 15 is 0 Å². The minimum Gasteiger partial charge on any atom is -0.481 e. The van der Waals surface area contributed by atoms with Gasteiger partial charge in [-0.3, -0.25) is 9.48 Å². The van der Waals surface area contributed by atoms with Crippen molar-refractivity contribution in [1.82, 2.24) is 9.78 Å². The van der Waals surface area contributed by atoms with Crippen molar-refractivity contribution in [1.29, 1.82) is 0 Å². The highest BCUT2D eigenvalue weighted by Crippen LogP contribution is 2.25. The molecule has 1 aromatic rings. The molecule has 0 aliphatic carbocycles. The van der Waals surface area contributed by atoms with E-state index in [0.717, 1.165) is 24.2 Å². The number of hydrogen-bond acceptors (Lipinski definition) is 2. The minimum absolute atomic E-state index is 0.377. The Bertz CT molecular complexity index is 401. The van der Waals surface area contributed by atoms with Crippen LogP contribution in [0.3, 0.4) is 0 Å². The van der Waals surface area contributed by atoms with Gasteiger partial charge in [0, 0.05) is 13.5 Å². The molecular weight excluding hydrogens is 240 g/mol. The third-order valence-electron chi connectivity index (χ3n) is 2.93. The summed E-state index contributed by atoms with van der Waals surface area (Å²) in [5.41, 5.74) is 1.66. The Balaban J connectivity index is 2.92. The molecule has 1 heterocycles. The van der Waals surface area contributed by atoms with Crippen molar-refractivity contribution in [2.45, 2.75) is 39.5 Å². The second-order valence-corrected chi connectivity index (χ2v) is 4.59. The molecule has 17 heavy (non-hydrogen) atoms. The second-order valence-electron chi connectivity index (χ2n) is 4.21. The van der Waals surface area contributed by atoms with E-state index in [-0.39, 0.29) is 5.92 Å². The summed E-state index contributed by atoms with van der Waals surface area (Å²) in [4.78, 5) is 11.1.